The van der Waals surface area contributed by atoms with Gasteiger partial charge in [-0.25, -0.2) is 0 Å². The smallest absolute Gasteiger partial charge is 0.0314 e. The minimum absolute atomic E-state index is 0.513. The highest BCUT2D eigenvalue weighted by Gasteiger charge is 2.05. The van der Waals surface area contributed by atoms with Gasteiger partial charge >= 0.3 is 0 Å². The normalized spacial score (nSPS) is 11.1. The number of hydrogen-bond donors (Lipinski definition) is 1. The molecule has 0 radical (unpaired) electrons. The highest BCUT2D eigenvalue weighted by molar-refractivity contribution is 9.10. The molecule has 2 rings (SSSR count). The van der Waals surface area contributed by atoms with Crippen LogP contribution in [0.5, 0.6) is 0 Å². The van der Waals surface area contributed by atoms with Gasteiger partial charge in [0.2, 0.25) is 0 Å². The number of benzene rings is 2. The summed E-state index contributed by atoms with van der Waals surface area (Å²) in [5.41, 5.74) is 4.08. The van der Waals surface area contributed by atoms with Crippen LogP contribution in [0.15, 0.2) is 51.8 Å². The van der Waals surface area contributed by atoms with Crippen molar-refractivity contribution in [1.29, 1.82) is 0 Å². The van der Waals surface area contributed by atoms with E-state index in [0.717, 1.165) is 12.3 Å². The molecule has 0 aliphatic heterocycles. The predicted molar refractivity (Wildman–Crippen MR) is 96.9 cm³/mol. The van der Waals surface area contributed by atoms with Crippen molar-refractivity contribution in [2.45, 2.75) is 44.0 Å². The molecule has 1 N–H and O–H groups in total. The van der Waals surface area contributed by atoms with Crippen LogP contribution in [-0.2, 0) is 12.3 Å². The van der Waals surface area contributed by atoms with E-state index in [-0.39, 0.29) is 0 Å². The second-order valence-corrected chi connectivity index (χ2v) is 7.39. The third-order valence-corrected chi connectivity index (χ3v) is 5.40. The maximum absolute atomic E-state index is 3.70. The lowest BCUT2D eigenvalue weighted by molar-refractivity contribution is 0.588. The molecule has 0 atom stereocenters. The second kappa shape index (κ2) is 8.02. The van der Waals surface area contributed by atoms with Gasteiger partial charge in [0.1, 0.15) is 0 Å². The van der Waals surface area contributed by atoms with Crippen LogP contribution in [0, 0.1) is 6.92 Å². The van der Waals surface area contributed by atoms with Crippen molar-refractivity contribution in [2.75, 3.05) is 0 Å². The topological polar surface area (TPSA) is 12.0 Å². The molecule has 3 heteroatoms. The molecule has 21 heavy (non-hydrogen) atoms. The second-order valence-electron chi connectivity index (χ2n) is 5.52. The first-order chi connectivity index (χ1) is 10.1. The number of halogens is 1. The third-order valence-electron chi connectivity index (χ3n) is 3.36. The Morgan fingerprint density at radius 1 is 1.14 bits per heavy atom. The van der Waals surface area contributed by atoms with Crippen LogP contribution in [0.2, 0.25) is 0 Å². The Morgan fingerprint density at radius 2 is 1.90 bits per heavy atom. The summed E-state index contributed by atoms with van der Waals surface area (Å²) in [5, 5.41) is 3.45. The summed E-state index contributed by atoms with van der Waals surface area (Å²) in [6.45, 7) is 7.42. The standard InChI is InChI=1S/C18H22BrNS/c1-13(2)20-11-15-8-9-18(17(19)10-15)21-12-16-7-5-4-6-14(16)3/h4-10,13,20H,11-12H2,1-3H3. The highest BCUT2D eigenvalue weighted by Crippen LogP contribution is 2.31. The van der Waals surface area contributed by atoms with Gasteiger partial charge < -0.3 is 5.32 Å². The molecule has 0 aliphatic rings. The molecule has 1 nitrogen and oxygen atoms in total. The summed E-state index contributed by atoms with van der Waals surface area (Å²) in [7, 11) is 0. The molecule has 0 aliphatic carbocycles. The Bertz CT molecular complexity index is 596. The van der Waals surface area contributed by atoms with Crippen LogP contribution in [0.25, 0.3) is 0 Å². The molecule has 0 spiro atoms. The van der Waals surface area contributed by atoms with Gasteiger partial charge in [0.05, 0.1) is 0 Å². The number of hydrogen-bond acceptors (Lipinski definition) is 2. The summed E-state index contributed by atoms with van der Waals surface area (Å²) in [5.74, 6) is 1.01. The Labute approximate surface area is 140 Å². The van der Waals surface area contributed by atoms with Gasteiger partial charge in [-0.1, -0.05) is 44.2 Å². The minimum atomic E-state index is 0.513. The zero-order valence-electron chi connectivity index (χ0n) is 12.8. The fourth-order valence-electron chi connectivity index (χ4n) is 2.02. The molecular formula is C18H22BrNS. The molecule has 0 amide bonds. The molecule has 0 heterocycles. The van der Waals surface area contributed by atoms with Gasteiger partial charge in [0.15, 0.2) is 0 Å². The Kier molecular flexibility index (Phi) is 6.34. The van der Waals surface area contributed by atoms with Gasteiger partial charge in [-0.2, -0.15) is 0 Å². The van der Waals surface area contributed by atoms with Crippen molar-refractivity contribution in [3.63, 3.8) is 0 Å². The van der Waals surface area contributed by atoms with E-state index >= 15 is 0 Å². The van der Waals surface area contributed by atoms with Crippen LogP contribution in [-0.4, -0.2) is 6.04 Å². The van der Waals surface area contributed by atoms with Crippen LogP contribution in [0.1, 0.15) is 30.5 Å². The van der Waals surface area contributed by atoms with Crippen molar-refractivity contribution < 1.29 is 0 Å². The molecule has 0 bridgehead atoms. The van der Waals surface area contributed by atoms with Crippen LogP contribution in [0.4, 0.5) is 0 Å². The predicted octanol–water partition coefficient (Wildman–Crippen LogP) is 5.55. The van der Waals surface area contributed by atoms with Gasteiger partial charge in [-0.05, 0) is 51.7 Å². The summed E-state index contributed by atoms with van der Waals surface area (Å²) >= 11 is 5.58. The lowest BCUT2D eigenvalue weighted by Crippen LogP contribution is -2.21. The fraction of sp³-hybridized carbons (Fsp3) is 0.333. The molecule has 2 aromatic rings. The summed E-state index contributed by atoms with van der Waals surface area (Å²) < 4.78 is 1.18. The average Bonchev–Trinajstić information content (AvgIpc) is 2.45. The van der Waals surface area contributed by atoms with Crippen molar-refractivity contribution in [3.05, 3.63) is 63.6 Å². The van der Waals surface area contributed by atoms with Crippen molar-refractivity contribution in [3.8, 4) is 0 Å². The van der Waals surface area contributed by atoms with Crippen molar-refractivity contribution >= 4 is 27.7 Å². The number of nitrogens with one attached hydrogen (secondary N) is 1. The fourth-order valence-corrected chi connectivity index (χ4v) is 3.79. The first-order valence-corrected chi connectivity index (χ1v) is 9.03. The van der Waals surface area contributed by atoms with Gasteiger partial charge in [-0.15, -0.1) is 11.8 Å². The zero-order valence-corrected chi connectivity index (χ0v) is 15.2. The first-order valence-electron chi connectivity index (χ1n) is 7.25. The Balaban J connectivity index is 1.99. The minimum Gasteiger partial charge on any atom is -0.310 e. The van der Waals surface area contributed by atoms with E-state index in [1.54, 1.807) is 0 Å². The van der Waals surface area contributed by atoms with Gasteiger partial charge in [0.25, 0.3) is 0 Å². The largest absolute Gasteiger partial charge is 0.310 e. The monoisotopic (exact) mass is 363 g/mol. The van der Waals surface area contributed by atoms with E-state index in [2.05, 4.69) is 84.5 Å². The van der Waals surface area contributed by atoms with E-state index in [1.807, 2.05) is 11.8 Å². The first kappa shape index (κ1) is 16.6. The van der Waals surface area contributed by atoms with Gasteiger partial charge in [-0.3, -0.25) is 0 Å². The lowest BCUT2D eigenvalue weighted by Gasteiger charge is -2.11. The summed E-state index contributed by atoms with van der Waals surface area (Å²) in [6.07, 6.45) is 0. The SMILES string of the molecule is Cc1ccccc1CSc1ccc(CNC(C)C)cc1Br. The maximum Gasteiger partial charge on any atom is 0.0314 e. The number of thioether (sulfide) groups is 1. The Hall–Kier alpha value is -0.770. The molecule has 0 fully saturated rings. The van der Waals surface area contributed by atoms with Crippen molar-refractivity contribution in [1.82, 2.24) is 5.32 Å². The highest BCUT2D eigenvalue weighted by atomic mass is 79.9. The maximum atomic E-state index is 3.70. The van der Waals surface area contributed by atoms with E-state index < -0.39 is 0 Å². The molecule has 0 unspecified atom stereocenters. The van der Waals surface area contributed by atoms with Gasteiger partial charge in [0, 0.05) is 27.7 Å². The molecule has 112 valence electrons. The average molecular weight is 364 g/mol. The molecule has 2 aromatic carbocycles. The van der Waals surface area contributed by atoms with E-state index in [0.29, 0.717) is 6.04 Å². The van der Waals surface area contributed by atoms with E-state index in [4.69, 9.17) is 0 Å². The number of rotatable bonds is 6. The Morgan fingerprint density at radius 3 is 2.57 bits per heavy atom. The van der Waals surface area contributed by atoms with E-state index in [1.165, 1.54) is 26.1 Å². The molecule has 0 aromatic heterocycles. The van der Waals surface area contributed by atoms with E-state index in [9.17, 15) is 0 Å². The van der Waals surface area contributed by atoms with Crippen molar-refractivity contribution in [2.24, 2.45) is 0 Å². The molecule has 0 saturated carbocycles. The summed E-state index contributed by atoms with van der Waals surface area (Å²) in [4.78, 5) is 1.30. The summed E-state index contributed by atoms with van der Waals surface area (Å²) in [6, 6.07) is 15.7. The lowest BCUT2D eigenvalue weighted by atomic mass is 10.1. The molecular weight excluding hydrogens is 342 g/mol. The zero-order chi connectivity index (χ0) is 15.2. The van der Waals surface area contributed by atoms with Crippen LogP contribution < -0.4 is 5.32 Å². The van der Waals surface area contributed by atoms with Crippen LogP contribution >= 0.6 is 27.7 Å². The van der Waals surface area contributed by atoms with Crippen LogP contribution in [0.3, 0.4) is 0 Å². The number of aryl methyl sites for hydroxylation is 1. The quantitative estimate of drug-likeness (QED) is 0.675. The molecule has 0 saturated heterocycles. The third kappa shape index (κ3) is 5.17.